The molecule has 6 nitrogen and oxygen atoms in total. The van der Waals surface area contributed by atoms with Crippen LogP contribution in [0.1, 0.15) is 33.7 Å². The molecule has 0 N–H and O–H groups in total. The molecule has 0 aliphatic carbocycles. The number of ketones is 1. The Kier molecular flexibility index (Phi) is 6.05. The van der Waals surface area contributed by atoms with Crippen molar-refractivity contribution in [3.05, 3.63) is 79.8 Å². The van der Waals surface area contributed by atoms with Crippen LogP contribution < -0.4 is 9.47 Å². The normalized spacial score (nSPS) is 13.9. The van der Waals surface area contributed by atoms with Gasteiger partial charge >= 0.3 is 5.97 Å². The second-order valence-electron chi connectivity index (χ2n) is 6.76. The first kappa shape index (κ1) is 21.4. The first-order valence-electron chi connectivity index (χ1n) is 9.16. The average molecular weight is 479 g/mol. The van der Waals surface area contributed by atoms with Crippen molar-refractivity contribution < 1.29 is 23.6 Å². The van der Waals surface area contributed by atoms with E-state index in [0.717, 1.165) is 0 Å². The van der Waals surface area contributed by atoms with Gasteiger partial charge in [-0.2, -0.15) is 0 Å². The van der Waals surface area contributed by atoms with Gasteiger partial charge in [0.2, 0.25) is 5.78 Å². The van der Waals surface area contributed by atoms with Crippen molar-refractivity contribution >= 4 is 52.6 Å². The topological polar surface area (TPSA) is 78.6 Å². The number of hydrogen-bond acceptors (Lipinski definition) is 6. The van der Waals surface area contributed by atoms with Gasteiger partial charge in [-0.15, -0.1) is 0 Å². The van der Waals surface area contributed by atoms with E-state index in [1.807, 2.05) is 0 Å². The zero-order valence-corrected chi connectivity index (χ0v) is 18.3. The van der Waals surface area contributed by atoms with Crippen LogP contribution in [-0.2, 0) is 11.2 Å². The maximum Gasteiger partial charge on any atom is 0.311 e. The van der Waals surface area contributed by atoms with Gasteiger partial charge in [0.05, 0.1) is 12.0 Å². The number of ether oxygens (including phenoxy) is 2. The molecule has 1 aliphatic rings. The number of halogens is 3. The van der Waals surface area contributed by atoms with Crippen molar-refractivity contribution in [2.24, 2.45) is 0 Å². The molecular weight excluding hydrogens is 465 g/mol. The second-order valence-corrected chi connectivity index (χ2v) is 7.99. The summed E-state index contributed by atoms with van der Waals surface area (Å²) in [7, 11) is 0. The van der Waals surface area contributed by atoms with Crippen molar-refractivity contribution in [2.45, 2.75) is 19.8 Å². The highest BCUT2D eigenvalue weighted by molar-refractivity contribution is 6.35. The van der Waals surface area contributed by atoms with Crippen LogP contribution in [0.5, 0.6) is 11.5 Å². The van der Waals surface area contributed by atoms with Crippen LogP contribution >= 0.6 is 34.8 Å². The van der Waals surface area contributed by atoms with Gasteiger partial charge in [0.25, 0.3) is 0 Å². The lowest BCUT2D eigenvalue weighted by molar-refractivity contribution is -0.134. The summed E-state index contributed by atoms with van der Waals surface area (Å²) in [5, 5.41) is 4.66. The Labute approximate surface area is 192 Å². The Morgan fingerprint density at radius 3 is 2.68 bits per heavy atom. The second kappa shape index (κ2) is 8.75. The van der Waals surface area contributed by atoms with Crippen LogP contribution in [-0.4, -0.2) is 16.9 Å². The van der Waals surface area contributed by atoms with Crippen molar-refractivity contribution in [1.82, 2.24) is 5.16 Å². The number of carbonyl (C=O) groups is 2. The third-order valence-electron chi connectivity index (χ3n) is 4.62. The first-order valence-corrected chi connectivity index (χ1v) is 10.3. The summed E-state index contributed by atoms with van der Waals surface area (Å²) in [5.41, 5.74) is 1.51. The lowest BCUT2D eigenvalue weighted by atomic mass is 10.1. The van der Waals surface area contributed by atoms with Gasteiger partial charge in [0.15, 0.2) is 10.9 Å². The highest BCUT2D eigenvalue weighted by atomic mass is 35.5. The van der Waals surface area contributed by atoms with Crippen molar-refractivity contribution in [3.8, 4) is 11.5 Å². The molecule has 4 rings (SSSR count). The molecular formula is C22H14Cl3NO5. The van der Waals surface area contributed by atoms with E-state index in [1.165, 1.54) is 6.07 Å². The van der Waals surface area contributed by atoms with Gasteiger partial charge in [0, 0.05) is 28.1 Å². The Hall–Kier alpha value is -2.80. The molecule has 0 fully saturated rings. The fourth-order valence-electron chi connectivity index (χ4n) is 3.04. The predicted octanol–water partition coefficient (Wildman–Crippen LogP) is 6.10. The van der Waals surface area contributed by atoms with Crippen LogP contribution in [0.2, 0.25) is 15.2 Å². The lowest BCUT2D eigenvalue weighted by Crippen LogP contribution is -2.10. The van der Waals surface area contributed by atoms with E-state index in [1.54, 1.807) is 43.3 Å². The molecule has 1 aromatic heterocycles. The van der Waals surface area contributed by atoms with Gasteiger partial charge in [-0.05, 0) is 42.8 Å². The number of rotatable bonds is 5. The number of allylic oxidation sites excluding steroid dienone is 1. The number of hydrogen-bond donors (Lipinski definition) is 0. The highest BCUT2D eigenvalue weighted by Crippen LogP contribution is 2.39. The number of aromatic nitrogens is 1. The third-order valence-corrected chi connectivity index (χ3v) is 5.36. The maximum absolute atomic E-state index is 12.7. The molecule has 0 radical (unpaired) electrons. The molecule has 0 saturated heterocycles. The highest BCUT2D eigenvalue weighted by Gasteiger charge is 2.30. The molecule has 1 aliphatic heterocycles. The van der Waals surface area contributed by atoms with Crippen LogP contribution in [0.25, 0.3) is 6.08 Å². The van der Waals surface area contributed by atoms with Crippen LogP contribution in [0.15, 0.2) is 46.7 Å². The van der Waals surface area contributed by atoms with Crippen LogP contribution in [0.3, 0.4) is 0 Å². The Morgan fingerprint density at radius 2 is 1.97 bits per heavy atom. The van der Waals surface area contributed by atoms with Gasteiger partial charge in [-0.25, -0.2) is 0 Å². The molecule has 0 saturated carbocycles. The van der Waals surface area contributed by atoms with E-state index in [4.69, 9.17) is 48.8 Å². The molecule has 0 amide bonds. The Bertz CT molecular complexity index is 1230. The molecule has 0 atom stereocenters. The summed E-state index contributed by atoms with van der Waals surface area (Å²) in [6, 6.07) is 9.61. The van der Waals surface area contributed by atoms with Crippen LogP contribution in [0.4, 0.5) is 0 Å². The molecule has 3 aromatic rings. The first-order chi connectivity index (χ1) is 14.8. The average Bonchev–Trinajstić information content (AvgIpc) is 3.28. The number of esters is 1. The minimum Gasteiger partial charge on any atom is -0.452 e. The van der Waals surface area contributed by atoms with E-state index in [9.17, 15) is 9.59 Å². The molecule has 0 bridgehead atoms. The molecule has 158 valence electrons. The van der Waals surface area contributed by atoms with Gasteiger partial charge in [-0.3, -0.25) is 9.59 Å². The van der Waals surface area contributed by atoms with E-state index in [2.05, 4.69) is 5.16 Å². The number of benzene rings is 2. The standard InChI is InChI=1S/C22H14Cl3NO5/c1-11-17(29-20(27)7-4-14-10-19(25)26-31-14)6-5-15-21(28)18(30-22(11)15)8-12-2-3-13(23)9-16(12)24/h2-3,5-6,8-10H,4,7H2,1H3/b18-8-. The minimum absolute atomic E-state index is 0.0715. The molecule has 0 spiro atoms. The third kappa shape index (κ3) is 4.61. The minimum atomic E-state index is -0.469. The Balaban J connectivity index is 1.50. The van der Waals surface area contributed by atoms with E-state index in [0.29, 0.717) is 50.4 Å². The number of aryl methyl sites for hydroxylation is 1. The summed E-state index contributed by atoms with van der Waals surface area (Å²) in [6.45, 7) is 1.71. The number of Topliss-reactive ketones (excluding diaryl/α,β-unsaturated/α-hetero) is 1. The quantitative estimate of drug-likeness (QED) is 0.250. The summed E-state index contributed by atoms with van der Waals surface area (Å²) in [5.74, 6) is 0.490. The maximum atomic E-state index is 12.7. The number of fused-ring (bicyclic) bond motifs is 1. The zero-order chi connectivity index (χ0) is 22.1. The molecule has 31 heavy (non-hydrogen) atoms. The van der Waals surface area contributed by atoms with Crippen molar-refractivity contribution in [3.63, 3.8) is 0 Å². The number of carbonyl (C=O) groups excluding carboxylic acids is 2. The lowest BCUT2D eigenvalue weighted by Gasteiger charge is -2.09. The summed E-state index contributed by atoms with van der Waals surface area (Å²) in [6.07, 6.45) is 1.92. The van der Waals surface area contributed by atoms with Gasteiger partial charge in [-0.1, -0.05) is 46.0 Å². The fourth-order valence-corrected chi connectivity index (χ4v) is 3.66. The Morgan fingerprint density at radius 1 is 1.16 bits per heavy atom. The van der Waals surface area contributed by atoms with Crippen molar-refractivity contribution in [1.29, 1.82) is 0 Å². The number of nitrogens with zero attached hydrogens (tertiary/aromatic N) is 1. The zero-order valence-electron chi connectivity index (χ0n) is 16.1. The molecule has 2 aromatic carbocycles. The SMILES string of the molecule is Cc1c(OC(=O)CCc2cc(Cl)no2)ccc2c1O/C(=C\c1ccc(Cl)cc1Cl)C2=O. The monoisotopic (exact) mass is 477 g/mol. The molecule has 2 heterocycles. The van der Waals surface area contributed by atoms with Crippen molar-refractivity contribution in [2.75, 3.05) is 0 Å². The van der Waals surface area contributed by atoms with E-state index >= 15 is 0 Å². The van der Waals surface area contributed by atoms with Gasteiger partial charge in [0.1, 0.15) is 17.3 Å². The fraction of sp³-hybridized carbons (Fsp3) is 0.136. The predicted molar refractivity (Wildman–Crippen MR) is 116 cm³/mol. The summed E-state index contributed by atoms with van der Waals surface area (Å²) >= 11 is 17.8. The van der Waals surface area contributed by atoms with Gasteiger partial charge < -0.3 is 14.0 Å². The largest absolute Gasteiger partial charge is 0.452 e. The summed E-state index contributed by atoms with van der Waals surface area (Å²) in [4.78, 5) is 24.9. The molecule has 0 unspecified atom stereocenters. The van der Waals surface area contributed by atoms with E-state index in [-0.39, 0.29) is 23.1 Å². The van der Waals surface area contributed by atoms with E-state index < -0.39 is 5.97 Å². The summed E-state index contributed by atoms with van der Waals surface area (Å²) < 4.78 is 16.2. The molecule has 9 heteroatoms. The van der Waals surface area contributed by atoms with Crippen LogP contribution in [0, 0.1) is 6.92 Å². The smallest absolute Gasteiger partial charge is 0.311 e.